The first-order valence-corrected chi connectivity index (χ1v) is 7.79. The van der Waals surface area contributed by atoms with Crippen molar-refractivity contribution in [3.05, 3.63) is 35.2 Å². The molecule has 23 heavy (non-hydrogen) atoms. The van der Waals surface area contributed by atoms with Crippen LogP contribution in [0.15, 0.2) is 28.8 Å². The van der Waals surface area contributed by atoms with Gasteiger partial charge < -0.3 is 19.8 Å². The number of hydrogen-bond acceptors (Lipinski definition) is 5. The van der Waals surface area contributed by atoms with E-state index >= 15 is 0 Å². The quantitative estimate of drug-likeness (QED) is 0.842. The number of aliphatic hydroxyl groups is 1. The molecule has 0 saturated heterocycles. The zero-order valence-electron chi connectivity index (χ0n) is 12.4. The standard InChI is InChI=1S/C15H17ClN4O3/c16-11-3-1-2-10(8-11)14-18-13(23-19-14)9-17-15(22)20(6-7-21)12-4-5-12/h1-3,8,12,21H,4-7,9H2,(H,17,22). The van der Waals surface area contributed by atoms with E-state index in [9.17, 15) is 4.79 Å². The molecule has 2 N–H and O–H groups in total. The second-order valence-electron chi connectivity index (χ2n) is 5.33. The van der Waals surface area contributed by atoms with Crippen molar-refractivity contribution in [1.29, 1.82) is 0 Å². The molecule has 1 heterocycles. The van der Waals surface area contributed by atoms with E-state index in [0.717, 1.165) is 18.4 Å². The molecule has 2 amide bonds. The number of rotatable bonds is 6. The first kappa shape index (κ1) is 15.8. The summed E-state index contributed by atoms with van der Waals surface area (Å²) >= 11 is 5.94. The van der Waals surface area contributed by atoms with Gasteiger partial charge in [-0.3, -0.25) is 0 Å². The van der Waals surface area contributed by atoms with Crippen molar-refractivity contribution >= 4 is 17.6 Å². The molecule has 0 spiro atoms. The van der Waals surface area contributed by atoms with Gasteiger partial charge in [-0.1, -0.05) is 28.9 Å². The second kappa shape index (κ2) is 6.97. The topological polar surface area (TPSA) is 91.5 Å². The molecule has 1 saturated carbocycles. The van der Waals surface area contributed by atoms with Gasteiger partial charge >= 0.3 is 6.03 Å². The number of halogens is 1. The number of aromatic nitrogens is 2. The highest BCUT2D eigenvalue weighted by Crippen LogP contribution is 2.26. The van der Waals surface area contributed by atoms with Crippen molar-refractivity contribution < 1.29 is 14.4 Å². The maximum Gasteiger partial charge on any atom is 0.318 e. The van der Waals surface area contributed by atoms with Crippen LogP contribution in [0.25, 0.3) is 11.4 Å². The summed E-state index contributed by atoms with van der Waals surface area (Å²) in [4.78, 5) is 18.0. The Bertz CT molecular complexity index is 687. The number of carbonyl (C=O) groups excluding carboxylic acids is 1. The first-order valence-electron chi connectivity index (χ1n) is 7.41. The Kier molecular flexibility index (Phi) is 4.78. The fraction of sp³-hybridized carbons (Fsp3) is 0.400. The molecule has 7 nitrogen and oxygen atoms in total. The van der Waals surface area contributed by atoms with Gasteiger partial charge in [0.15, 0.2) is 0 Å². The molecule has 0 aliphatic heterocycles. The first-order chi connectivity index (χ1) is 11.2. The molecule has 122 valence electrons. The van der Waals surface area contributed by atoms with Gasteiger partial charge in [0, 0.05) is 23.2 Å². The smallest absolute Gasteiger partial charge is 0.318 e. The highest BCUT2D eigenvalue weighted by Gasteiger charge is 2.32. The van der Waals surface area contributed by atoms with Crippen LogP contribution in [0.5, 0.6) is 0 Å². The monoisotopic (exact) mass is 336 g/mol. The third-order valence-electron chi connectivity index (χ3n) is 3.53. The van der Waals surface area contributed by atoms with Crippen LogP contribution in [-0.2, 0) is 6.54 Å². The Labute approximate surface area is 138 Å². The number of urea groups is 1. The molecule has 0 radical (unpaired) electrons. The van der Waals surface area contributed by atoms with Crippen LogP contribution in [0.4, 0.5) is 4.79 Å². The normalized spacial score (nSPS) is 13.8. The Balaban J connectivity index is 1.59. The van der Waals surface area contributed by atoms with E-state index in [1.807, 2.05) is 6.07 Å². The lowest BCUT2D eigenvalue weighted by Gasteiger charge is -2.21. The van der Waals surface area contributed by atoms with Crippen LogP contribution in [0.1, 0.15) is 18.7 Å². The van der Waals surface area contributed by atoms with Gasteiger partial charge in [0.25, 0.3) is 0 Å². The summed E-state index contributed by atoms with van der Waals surface area (Å²) < 4.78 is 5.14. The van der Waals surface area contributed by atoms with Crippen molar-refractivity contribution in [2.75, 3.05) is 13.2 Å². The van der Waals surface area contributed by atoms with E-state index in [1.54, 1.807) is 23.1 Å². The summed E-state index contributed by atoms with van der Waals surface area (Å²) in [6, 6.07) is 7.13. The number of hydrogen-bond donors (Lipinski definition) is 2. The summed E-state index contributed by atoms with van der Waals surface area (Å²) in [6.07, 6.45) is 1.96. The molecule has 1 fully saturated rings. The number of nitrogens with one attached hydrogen (secondary N) is 1. The zero-order chi connectivity index (χ0) is 16.2. The number of nitrogens with zero attached hydrogens (tertiary/aromatic N) is 3. The van der Waals surface area contributed by atoms with Gasteiger partial charge in [0.1, 0.15) is 0 Å². The maximum atomic E-state index is 12.1. The van der Waals surface area contributed by atoms with Gasteiger partial charge in [-0.05, 0) is 25.0 Å². The molecule has 1 aromatic heterocycles. The van der Waals surface area contributed by atoms with Crippen LogP contribution >= 0.6 is 11.6 Å². The summed E-state index contributed by atoms with van der Waals surface area (Å²) in [6.45, 7) is 0.415. The van der Waals surface area contributed by atoms with Crippen LogP contribution in [-0.4, -0.2) is 45.4 Å². The van der Waals surface area contributed by atoms with Crippen molar-refractivity contribution in [1.82, 2.24) is 20.4 Å². The molecular weight excluding hydrogens is 320 g/mol. The lowest BCUT2D eigenvalue weighted by Crippen LogP contribution is -2.42. The Morgan fingerprint density at radius 1 is 1.48 bits per heavy atom. The summed E-state index contributed by atoms with van der Waals surface area (Å²) in [5, 5.41) is 16.2. The van der Waals surface area contributed by atoms with Crippen LogP contribution < -0.4 is 5.32 Å². The number of benzene rings is 1. The third-order valence-corrected chi connectivity index (χ3v) is 3.77. The van der Waals surface area contributed by atoms with Crippen molar-refractivity contribution in [3.63, 3.8) is 0 Å². The Morgan fingerprint density at radius 2 is 2.30 bits per heavy atom. The SMILES string of the molecule is O=C(NCc1nc(-c2cccc(Cl)c2)no1)N(CCO)C1CC1. The van der Waals surface area contributed by atoms with Gasteiger partial charge in [-0.25, -0.2) is 4.79 Å². The van der Waals surface area contributed by atoms with E-state index in [4.69, 9.17) is 21.2 Å². The Hall–Kier alpha value is -2.12. The fourth-order valence-electron chi connectivity index (χ4n) is 2.27. The summed E-state index contributed by atoms with van der Waals surface area (Å²) in [5.41, 5.74) is 0.749. The molecule has 2 aromatic rings. The van der Waals surface area contributed by atoms with Gasteiger partial charge in [-0.2, -0.15) is 4.98 Å². The summed E-state index contributed by atoms with van der Waals surface area (Å²) in [7, 11) is 0. The molecule has 1 aromatic carbocycles. The van der Waals surface area contributed by atoms with Gasteiger partial charge in [0.05, 0.1) is 13.2 Å². The molecular formula is C15H17ClN4O3. The predicted molar refractivity (Wildman–Crippen MR) is 83.8 cm³/mol. The zero-order valence-corrected chi connectivity index (χ0v) is 13.2. The maximum absolute atomic E-state index is 12.1. The van der Waals surface area contributed by atoms with Crippen molar-refractivity contribution in [2.45, 2.75) is 25.4 Å². The fourth-order valence-corrected chi connectivity index (χ4v) is 2.46. The lowest BCUT2D eigenvalue weighted by molar-refractivity contribution is 0.172. The summed E-state index contributed by atoms with van der Waals surface area (Å²) in [5.74, 6) is 0.735. The molecule has 3 rings (SSSR count). The second-order valence-corrected chi connectivity index (χ2v) is 5.77. The van der Waals surface area contributed by atoms with E-state index in [0.29, 0.717) is 23.3 Å². The van der Waals surface area contributed by atoms with Crippen LogP contribution in [0, 0.1) is 0 Å². The van der Waals surface area contributed by atoms with E-state index < -0.39 is 0 Å². The molecule has 0 unspecified atom stereocenters. The molecule has 0 atom stereocenters. The van der Waals surface area contributed by atoms with E-state index in [-0.39, 0.29) is 25.2 Å². The largest absolute Gasteiger partial charge is 0.395 e. The minimum absolute atomic E-state index is 0.0522. The van der Waals surface area contributed by atoms with E-state index in [2.05, 4.69) is 15.5 Å². The van der Waals surface area contributed by atoms with Crippen molar-refractivity contribution in [2.24, 2.45) is 0 Å². The number of amides is 2. The lowest BCUT2D eigenvalue weighted by atomic mass is 10.2. The minimum Gasteiger partial charge on any atom is -0.395 e. The number of aliphatic hydroxyl groups excluding tert-OH is 1. The number of carbonyl (C=O) groups is 1. The highest BCUT2D eigenvalue weighted by atomic mass is 35.5. The van der Waals surface area contributed by atoms with Gasteiger partial charge in [0.2, 0.25) is 11.7 Å². The van der Waals surface area contributed by atoms with E-state index in [1.165, 1.54) is 0 Å². The third kappa shape index (κ3) is 4.00. The molecule has 1 aliphatic rings. The average molecular weight is 337 g/mol. The van der Waals surface area contributed by atoms with Crippen molar-refractivity contribution in [3.8, 4) is 11.4 Å². The van der Waals surface area contributed by atoms with Crippen LogP contribution in [0.3, 0.4) is 0 Å². The highest BCUT2D eigenvalue weighted by molar-refractivity contribution is 6.30. The Morgan fingerprint density at radius 3 is 3.00 bits per heavy atom. The van der Waals surface area contributed by atoms with Crippen LogP contribution in [0.2, 0.25) is 5.02 Å². The molecule has 8 heteroatoms. The minimum atomic E-state index is -0.232. The molecule has 1 aliphatic carbocycles. The predicted octanol–water partition coefficient (Wildman–Crippen LogP) is 2.06. The van der Waals surface area contributed by atoms with Gasteiger partial charge in [-0.15, -0.1) is 0 Å². The molecule has 0 bridgehead atoms. The average Bonchev–Trinajstić information content (AvgIpc) is 3.27.